The van der Waals surface area contributed by atoms with Crippen molar-refractivity contribution in [1.82, 2.24) is 14.2 Å². The van der Waals surface area contributed by atoms with Crippen LogP contribution in [0, 0.1) is 0 Å². The topological polar surface area (TPSA) is 76.6 Å². The number of aryl methyl sites for hydroxylation is 2. The minimum absolute atomic E-state index is 0.238. The van der Waals surface area contributed by atoms with Crippen molar-refractivity contribution in [1.29, 1.82) is 0 Å². The molecule has 0 unspecified atom stereocenters. The molecule has 2 aromatic heterocycles. The maximum absolute atomic E-state index is 12.4. The van der Waals surface area contributed by atoms with Crippen molar-refractivity contribution in [3.63, 3.8) is 0 Å². The highest BCUT2D eigenvalue weighted by atomic mass is 16.4. The van der Waals surface area contributed by atoms with Crippen LogP contribution < -0.4 is 5.56 Å². The highest BCUT2D eigenvalue weighted by molar-refractivity contribution is 5.87. The van der Waals surface area contributed by atoms with E-state index in [2.05, 4.69) is 17.2 Å². The Morgan fingerprint density at radius 1 is 1.24 bits per heavy atom. The fourth-order valence-corrected chi connectivity index (χ4v) is 3.14. The molecule has 0 spiro atoms. The maximum Gasteiger partial charge on any atom is 0.342 e. The number of carbonyl (C=O) groups is 1. The fourth-order valence-electron chi connectivity index (χ4n) is 3.14. The van der Waals surface area contributed by atoms with Crippen LogP contribution in [0.4, 0.5) is 0 Å². The third kappa shape index (κ3) is 3.07. The molecule has 0 radical (unpaired) electrons. The highest BCUT2D eigenvalue weighted by Gasteiger charge is 2.27. The molecule has 6 nitrogen and oxygen atoms in total. The van der Waals surface area contributed by atoms with Gasteiger partial charge in [-0.25, -0.2) is 4.79 Å². The van der Waals surface area contributed by atoms with Crippen molar-refractivity contribution in [2.45, 2.75) is 38.1 Å². The number of rotatable bonds is 6. The molecule has 0 amide bonds. The summed E-state index contributed by atoms with van der Waals surface area (Å²) in [6, 6.07) is 12.1. The van der Waals surface area contributed by atoms with Crippen LogP contribution in [0.25, 0.3) is 5.65 Å². The summed E-state index contributed by atoms with van der Waals surface area (Å²) in [5.74, 6) is -0.808. The third-order valence-corrected chi connectivity index (χ3v) is 4.64. The van der Waals surface area contributed by atoms with Crippen molar-refractivity contribution in [2.75, 3.05) is 0 Å². The largest absolute Gasteiger partial charge is 0.477 e. The zero-order valence-corrected chi connectivity index (χ0v) is 13.8. The molecule has 4 rings (SSSR count). The number of carboxylic acid groups (broad SMARTS) is 1. The zero-order chi connectivity index (χ0) is 17.4. The first-order valence-corrected chi connectivity index (χ1v) is 8.54. The molecule has 128 valence electrons. The van der Waals surface area contributed by atoms with Gasteiger partial charge in [-0.2, -0.15) is 9.61 Å². The molecule has 1 aliphatic carbocycles. The minimum atomic E-state index is -1.22. The van der Waals surface area contributed by atoms with Crippen LogP contribution in [0.1, 0.15) is 46.8 Å². The minimum Gasteiger partial charge on any atom is -0.477 e. The Balaban J connectivity index is 1.67. The van der Waals surface area contributed by atoms with Gasteiger partial charge in [0.25, 0.3) is 5.56 Å². The highest BCUT2D eigenvalue weighted by Crippen LogP contribution is 2.39. The quantitative estimate of drug-likeness (QED) is 0.750. The van der Waals surface area contributed by atoms with E-state index >= 15 is 0 Å². The summed E-state index contributed by atoms with van der Waals surface area (Å²) in [6.45, 7) is 0.634. The van der Waals surface area contributed by atoms with Gasteiger partial charge in [0.05, 0.1) is 5.69 Å². The van der Waals surface area contributed by atoms with E-state index in [9.17, 15) is 14.7 Å². The molecule has 1 N–H and O–H groups in total. The predicted molar refractivity (Wildman–Crippen MR) is 93.1 cm³/mol. The van der Waals surface area contributed by atoms with Crippen molar-refractivity contribution < 1.29 is 9.90 Å². The summed E-state index contributed by atoms with van der Waals surface area (Å²) in [5.41, 5.74) is 2.00. The van der Waals surface area contributed by atoms with Gasteiger partial charge in [-0.1, -0.05) is 30.3 Å². The van der Waals surface area contributed by atoms with E-state index in [0.717, 1.165) is 31.4 Å². The average molecular weight is 337 g/mol. The van der Waals surface area contributed by atoms with Crippen LogP contribution in [-0.2, 0) is 13.0 Å². The molecular weight excluding hydrogens is 318 g/mol. The maximum atomic E-state index is 12.4. The predicted octanol–water partition coefficient (Wildman–Crippen LogP) is 2.70. The number of benzene rings is 1. The van der Waals surface area contributed by atoms with Crippen molar-refractivity contribution in [2.24, 2.45) is 0 Å². The van der Waals surface area contributed by atoms with Gasteiger partial charge in [-0.3, -0.25) is 4.79 Å². The Bertz CT molecular complexity index is 984. The number of nitrogens with zero attached hydrogens (tertiary/aromatic N) is 3. The SMILES string of the molecule is O=C(O)c1cn(CCCc2ccccc2)c2cc(C3CC3)nn2c1=O. The van der Waals surface area contributed by atoms with E-state index in [1.807, 2.05) is 28.8 Å². The van der Waals surface area contributed by atoms with Crippen LogP contribution in [0.15, 0.2) is 47.4 Å². The van der Waals surface area contributed by atoms with Gasteiger partial charge < -0.3 is 9.67 Å². The molecule has 25 heavy (non-hydrogen) atoms. The van der Waals surface area contributed by atoms with E-state index in [1.165, 1.54) is 16.3 Å². The first-order valence-electron chi connectivity index (χ1n) is 8.54. The van der Waals surface area contributed by atoms with Crippen molar-refractivity contribution >= 4 is 11.6 Å². The summed E-state index contributed by atoms with van der Waals surface area (Å²) >= 11 is 0. The number of hydrogen-bond donors (Lipinski definition) is 1. The third-order valence-electron chi connectivity index (χ3n) is 4.64. The Labute approximate surface area is 144 Å². The molecule has 0 bridgehead atoms. The van der Waals surface area contributed by atoms with Crippen LogP contribution in [0.5, 0.6) is 0 Å². The van der Waals surface area contributed by atoms with E-state index < -0.39 is 11.5 Å². The summed E-state index contributed by atoms with van der Waals surface area (Å²) in [5, 5.41) is 13.7. The van der Waals surface area contributed by atoms with Gasteiger partial charge >= 0.3 is 5.97 Å². The van der Waals surface area contributed by atoms with Gasteiger partial charge in [-0.15, -0.1) is 0 Å². The van der Waals surface area contributed by atoms with Crippen LogP contribution in [-0.4, -0.2) is 25.3 Å². The second kappa shape index (κ2) is 6.20. The molecule has 1 saturated carbocycles. The smallest absolute Gasteiger partial charge is 0.342 e. The second-order valence-electron chi connectivity index (χ2n) is 6.55. The lowest BCUT2D eigenvalue weighted by atomic mass is 10.1. The summed E-state index contributed by atoms with van der Waals surface area (Å²) in [7, 11) is 0. The number of hydrogen-bond acceptors (Lipinski definition) is 3. The number of carboxylic acids is 1. The van der Waals surface area contributed by atoms with Crippen LogP contribution in [0.3, 0.4) is 0 Å². The Morgan fingerprint density at radius 2 is 2.00 bits per heavy atom. The van der Waals surface area contributed by atoms with E-state index in [-0.39, 0.29) is 5.56 Å². The first kappa shape index (κ1) is 15.6. The van der Waals surface area contributed by atoms with E-state index in [0.29, 0.717) is 18.1 Å². The average Bonchev–Trinajstić information content (AvgIpc) is 3.36. The lowest BCUT2D eigenvalue weighted by Gasteiger charge is -2.10. The van der Waals surface area contributed by atoms with Crippen LogP contribution >= 0.6 is 0 Å². The molecule has 1 aliphatic rings. The molecule has 0 atom stereocenters. The van der Waals surface area contributed by atoms with Gasteiger partial charge in [0, 0.05) is 24.7 Å². The molecule has 0 aliphatic heterocycles. The van der Waals surface area contributed by atoms with Gasteiger partial charge in [0.15, 0.2) is 0 Å². The lowest BCUT2D eigenvalue weighted by Crippen LogP contribution is -2.26. The van der Waals surface area contributed by atoms with Gasteiger partial charge in [0.2, 0.25) is 0 Å². The number of fused-ring (bicyclic) bond motifs is 1. The molecule has 6 heteroatoms. The zero-order valence-electron chi connectivity index (χ0n) is 13.8. The fraction of sp³-hybridized carbons (Fsp3) is 0.316. The van der Waals surface area contributed by atoms with Crippen molar-refractivity contribution in [3.05, 3.63) is 69.8 Å². The molecular formula is C19H19N3O3. The van der Waals surface area contributed by atoms with Gasteiger partial charge in [0.1, 0.15) is 11.2 Å². The van der Waals surface area contributed by atoms with Crippen molar-refractivity contribution in [3.8, 4) is 0 Å². The molecule has 1 aromatic carbocycles. The Morgan fingerprint density at radius 3 is 2.68 bits per heavy atom. The Hall–Kier alpha value is -2.89. The molecule has 1 fully saturated rings. The van der Waals surface area contributed by atoms with Gasteiger partial charge in [-0.05, 0) is 31.2 Å². The standard InChI is InChI=1S/C19H19N3O3/c23-18-15(19(24)25)12-21(10-4-7-13-5-2-1-3-6-13)17-11-16(14-8-9-14)20-22(17)18/h1-3,5-6,11-12,14H,4,7-10H2,(H,24,25). The summed E-state index contributed by atoms with van der Waals surface area (Å²) in [6.07, 6.45) is 5.36. The van der Waals surface area contributed by atoms with Crippen LogP contribution in [0.2, 0.25) is 0 Å². The summed E-state index contributed by atoms with van der Waals surface area (Å²) in [4.78, 5) is 23.8. The molecule has 2 heterocycles. The Kier molecular flexibility index (Phi) is 3.87. The van der Waals surface area contributed by atoms with E-state index in [4.69, 9.17) is 0 Å². The molecule has 3 aromatic rings. The van der Waals surface area contributed by atoms with E-state index in [1.54, 1.807) is 0 Å². The number of aromatic nitrogens is 3. The first-order chi connectivity index (χ1) is 12.1. The normalized spacial score (nSPS) is 14.1. The lowest BCUT2D eigenvalue weighted by molar-refractivity contribution is 0.0693. The molecule has 0 saturated heterocycles. The summed E-state index contributed by atoms with van der Waals surface area (Å²) < 4.78 is 3.09. The second-order valence-corrected chi connectivity index (χ2v) is 6.55. The number of aromatic carboxylic acids is 1. The monoisotopic (exact) mass is 337 g/mol.